The van der Waals surface area contributed by atoms with Crippen LogP contribution in [0.25, 0.3) is 0 Å². The third-order valence-electron chi connectivity index (χ3n) is 4.59. The van der Waals surface area contributed by atoms with Crippen LogP contribution in [0.4, 0.5) is 5.69 Å². The highest BCUT2D eigenvalue weighted by Gasteiger charge is 2.33. The normalized spacial score (nSPS) is 16.0. The lowest BCUT2D eigenvalue weighted by Gasteiger charge is -2.34. The molecule has 1 unspecified atom stereocenters. The molecule has 0 saturated heterocycles. The maximum Gasteiger partial charge on any atom is 0.305 e. The van der Waals surface area contributed by atoms with Crippen molar-refractivity contribution < 1.29 is 24.2 Å². The topological polar surface area (TPSA) is 95.9 Å². The number of carboxylic acids is 1. The number of fused-ring (bicyclic) bond motifs is 1. The highest BCUT2D eigenvalue weighted by Crippen LogP contribution is 2.31. The smallest absolute Gasteiger partial charge is 0.305 e. The Bertz CT molecular complexity index is 673. The molecule has 136 valence electrons. The highest BCUT2D eigenvalue weighted by atomic mass is 16.5. The van der Waals surface area contributed by atoms with Crippen LogP contribution in [-0.4, -0.2) is 41.6 Å². The van der Waals surface area contributed by atoms with Gasteiger partial charge in [-0.15, -0.1) is 0 Å². The molecule has 2 amide bonds. The molecule has 1 aromatic rings. The Hall–Kier alpha value is -2.57. The van der Waals surface area contributed by atoms with Crippen molar-refractivity contribution in [3.63, 3.8) is 0 Å². The molecule has 0 radical (unpaired) electrons. The number of benzene rings is 1. The molecule has 2 rings (SSSR count). The molecule has 25 heavy (non-hydrogen) atoms. The van der Waals surface area contributed by atoms with Crippen molar-refractivity contribution in [2.45, 2.75) is 39.2 Å². The number of carbonyl (C=O) groups is 3. The van der Waals surface area contributed by atoms with Crippen LogP contribution in [-0.2, 0) is 14.4 Å². The van der Waals surface area contributed by atoms with Crippen molar-refractivity contribution >= 4 is 23.5 Å². The fourth-order valence-electron chi connectivity index (χ4n) is 2.70. The van der Waals surface area contributed by atoms with Crippen molar-refractivity contribution in [3.8, 4) is 5.75 Å². The zero-order valence-corrected chi connectivity index (χ0v) is 14.7. The molecule has 1 heterocycles. The predicted molar refractivity (Wildman–Crippen MR) is 92.5 cm³/mol. The van der Waals surface area contributed by atoms with Crippen LogP contribution < -0.4 is 15.0 Å². The number of anilines is 1. The first-order valence-corrected chi connectivity index (χ1v) is 8.28. The predicted octanol–water partition coefficient (Wildman–Crippen LogP) is 1.81. The van der Waals surface area contributed by atoms with Crippen LogP contribution in [0.15, 0.2) is 24.3 Å². The van der Waals surface area contributed by atoms with Crippen LogP contribution in [0.5, 0.6) is 5.75 Å². The number of ether oxygens (including phenoxy) is 1. The minimum Gasteiger partial charge on any atom is -0.482 e. The van der Waals surface area contributed by atoms with Gasteiger partial charge in [0.2, 0.25) is 5.91 Å². The lowest BCUT2D eigenvalue weighted by Crippen LogP contribution is -2.52. The lowest BCUT2D eigenvalue weighted by atomic mass is 9.85. The summed E-state index contributed by atoms with van der Waals surface area (Å²) in [4.78, 5) is 37.0. The first kappa shape index (κ1) is 18.8. The molecule has 1 aromatic carbocycles. The maximum absolute atomic E-state index is 12.3. The van der Waals surface area contributed by atoms with Crippen molar-refractivity contribution in [2.75, 3.05) is 18.1 Å². The van der Waals surface area contributed by atoms with Gasteiger partial charge in [0.15, 0.2) is 6.61 Å². The number of para-hydroxylation sites is 2. The highest BCUT2D eigenvalue weighted by molar-refractivity contribution is 5.98. The number of rotatable bonds is 7. The summed E-state index contributed by atoms with van der Waals surface area (Å²) in [7, 11) is 0. The van der Waals surface area contributed by atoms with Crippen LogP contribution >= 0.6 is 0 Å². The number of hydrogen-bond donors (Lipinski definition) is 2. The SMILES string of the molecule is CC(C)C(C)(CC(=O)O)NC(=O)CCN1C(=O)COc2ccccc21. The molecule has 7 nitrogen and oxygen atoms in total. The van der Waals surface area contributed by atoms with E-state index in [-0.39, 0.29) is 43.7 Å². The van der Waals surface area contributed by atoms with Crippen LogP contribution in [0.2, 0.25) is 0 Å². The molecule has 1 aliphatic rings. The monoisotopic (exact) mass is 348 g/mol. The second-order valence-corrected chi connectivity index (χ2v) is 6.74. The molecule has 0 aromatic heterocycles. The van der Waals surface area contributed by atoms with Gasteiger partial charge >= 0.3 is 5.97 Å². The van der Waals surface area contributed by atoms with E-state index < -0.39 is 11.5 Å². The Kier molecular flexibility index (Phi) is 5.66. The summed E-state index contributed by atoms with van der Waals surface area (Å²) >= 11 is 0. The van der Waals surface area contributed by atoms with Crippen molar-refractivity contribution in [1.82, 2.24) is 5.32 Å². The zero-order valence-electron chi connectivity index (χ0n) is 14.7. The van der Waals surface area contributed by atoms with E-state index in [1.54, 1.807) is 25.1 Å². The standard InChI is InChI=1S/C18H24N2O5/c1-12(2)18(3,10-17(23)24)19-15(21)8-9-20-13-6-4-5-7-14(13)25-11-16(20)22/h4-7,12H,8-11H2,1-3H3,(H,19,21)(H,23,24). The largest absolute Gasteiger partial charge is 0.482 e. The zero-order chi connectivity index (χ0) is 18.6. The van der Waals surface area contributed by atoms with E-state index in [9.17, 15) is 14.4 Å². The molecule has 1 atom stereocenters. The maximum atomic E-state index is 12.3. The number of aliphatic carboxylic acids is 1. The Balaban J connectivity index is 2.02. The summed E-state index contributed by atoms with van der Waals surface area (Å²) in [5.74, 6) is -0.884. The minimum absolute atomic E-state index is 0.0432. The Morgan fingerprint density at radius 1 is 1.36 bits per heavy atom. The fourth-order valence-corrected chi connectivity index (χ4v) is 2.70. The van der Waals surface area contributed by atoms with Gasteiger partial charge in [-0.05, 0) is 25.0 Å². The Morgan fingerprint density at radius 3 is 2.68 bits per heavy atom. The minimum atomic E-state index is -0.964. The number of amides is 2. The molecular formula is C18H24N2O5. The summed E-state index contributed by atoms with van der Waals surface area (Å²) < 4.78 is 5.37. The van der Waals surface area contributed by atoms with Crippen LogP contribution in [0.1, 0.15) is 33.6 Å². The van der Waals surface area contributed by atoms with Gasteiger partial charge in [0.25, 0.3) is 5.91 Å². The Labute approximate surface area is 147 Å². The Morgan fingerprint density at radius 2 is 2.04 bits per heavy atom. The van der Waals surface area contributed by atoms with E-state index >= 15 is 0 Å². The van der Waals surface area contributed by atoms with Crippen LogP contribution in [0.3, 0.4) is 0 Å². The van der Waals surface area contributed by atoms with Gasteiger partial charge in [-0.2, -0.15) is 0 Å². The molecule has 0 bridgehead atoms. The molecule has 0 spiro atoms. The first-order chi connectivity index (χ1) is 11.7. The van der Waals surface area contributed by atoms with Crippen molar-refractivity contribution in [1.29, 1.82) is 0 Å². The number of nitrogens with zero attached hydrogens (tertiary/aromatic N) is 1. The fraction of sp³-hybridized carbons (Fsp3) is 0.500. The van der Waals surface area contributed by atoms with E-state index in [4.69, 9.17) is 9.84 Å². The first-order valence-electron chi connectivity index (χ1n) is 8.28. The number of hydrogen-bond acceptors (Lipinski definition) is 4. The average Bonchev–Trinajstić information content (AvgIpc) is 2.53. The lowest BCUT2D eigenvalue weighted by molar-refractivity contribution is -0.139. The summed E-state index contributed by atoms with van der Waals surface area (Å²) in [6, 6.07) is 7.17. The summed E-state index contributed by atoms with van der Waals surface area (Å²) in [6.07, 6.45) is -0.0717. The number of carbonyl (C=O) groups excluding carboxylic acids is 2. The van der Waals surface area contributed by atoms with Gasteiger partial charge in [-0.25, -0.2) is 0 Å². The van der Waals surface area contributed by atoms with Gasteiger partial charge in [0.1, 0.15) is 5.75 Å². The second kappa shape index (κ2) is 7.55. The third kappa shape index (κ3) is 4.49. The van der Waals surface area contributed by atoms with Crippen LogP contribution in [0, 0.1) is 5.92 Å². The van der Waals surface area contributed by atoms with Gasteiger partial charge in [-0.1, -0.05) is 26.0 Å². The van der Waals surface area contributed by atoms with Gasteiger partial charge < -0.3 is 20.1 Å². The summed E-state index contributed by atoms with van der Waals surface area (Å²) in [5, 5.41) is 11.9. The average molecular weight is 348 g/mol. The van der Waals surface area contributed by atoms with Gasteiger partial charge in [-0.3, -0.25) is 14.4 Å². The number of carboxylic acid groups (broad SMARTS) is 1. The van der Waals surface area contributed by atoms with Gasteiger partial charge in [0.05, 0.1) is 12.1 Å². The summed E-state index contributed by atoms with van der Waals surface area (Å²) in [5.41, 5.74) is -0.195. The molecule has 0 aliphatic carbocycles. The molecule has 1 aliphatic heterocycles. The molecule has 2 N–H and O–H groups in total. The molecule has 7 heteroatoms. The quantitative estimate of drug-likeness (QED) is 0.783. The molecular weight excluding hydrogens is 324 g/mol. The van der Waals surface area contributed by atoms with Crippen molar-refractivity contribution in [2.24, 2.45) is 5.92 Å². The van der Waals surface area contributed by atoms with Crippen molar-refractivity contribution in [3.05, 3.63) is 24.3 Å². The van der Waals surface area contributed by atoms with E-state index in [0.29, 0.717) is 11.4 Å². The van der Waals surface area contributed by atoms with E-state index in [1.165, 1.54) is 4.90 Å². The third-order valence-corrected chi connectivity index (χ3v) is 4.59. The molecule has 0 fully saturated rings. The second-order valence-electron chi connectivity index (χ2n) is 6.74. The van der Waals surface area contributed by atoms with E-state index in [2.05, 4.69) is 5.32 Å². The van der Waals surface area contributed by atoms with Gasteiger partial charge in [0, 0.05) is 18.5 Å². The molecule has 0 saturated carbocycles. The number of nitrogens with one attached hydrogen (secondary N) is 1. The summed E-state index contributed by atoms with van der Waals surface area (Å²) in [6.45, 7) is 5.61. The van der Waals surface area contributed by atoms with E-state index in [0.717, 1.165) is 0 Å². The van der Waals surface area contributed by atoms with E-state index in [1.807, 2.05) is 19.9 Å².